The van der Waals surface area contributed by atoms with Gasteiger partial charge in [-0.2, -0.15) is 15.4 Å². The first kappa shape index (κ1) is 10.3. The molecule has 0 bridgehead atoms. The Kier molecular flexibility index (Phi) is 3.13. The molecule has 1 aromatic carbocycles. The minimum atomic E-state index is -0.113. The van der Waals surface area contributed by atoms with Crippen LogP contribution in [0.2, 0.25) is 0 Å². The third kappa shape index (κ3) is 2.64. The van der Waals surface area contributed by atoms with Crippen molar-refractivity contribution in [3.63, 3.8) is 0 Å². The summed E-state index contributed by atoms with van der Waals surface area (Å²) in [5, 5.41) is 10.3. The van der Waals surface area contributed by atoms with Crippen LogP contribution in [0.15, 0.2) is 34.9 Å². The van der Waals surface area contributed by atoms with Crippen LogP contribution in [0.1, 0.15) is 17.3 Å². The van der Waals surface area contributed by atoms with Gasteiger partial charge < -0.3 is 5.73 Å². The lowest BCUT2D eigenvalue weighted by Gasteiger charge is -2.08. The van der Waals surface area contributed by atoms with Crippen molar-refractivity contribution in [2.24, 2.45) is 5.73 Å². The van der Waals surface area contributed by atoms with Crippen molar-refractivity contribution in [3.05, 3.63) is 46.2 Å². The second kappa shape index (κ2) is 4.55. The minimum absolute atomic E-state index is 0.113. The van der Waals surface area contributed by atoms with E-state index in [2.05, 4.69) is 37.4 Å². The standard InChI is InChI=1S/C10H11BrN4/c11-8-3-1-2-7(4-8)5-9(12)10-6-13-15-14-10/h1-4,6,9H,5,12H2,(H,13,14,15). The molecule has 1 unspecified atom stereocenters. The molecule has 1 aromatic heterocycles. The fourth-order valence-electron chi connectivity index (χ4n) is 1.41. The van der Waals surface area contributed by atoms with Crippen LogP contribution in [0.5, 0.6) is 0 Å². The van der Waals surface area contributed by atoms with E-state index >= 15 is 0 Å². The third-order valence-electron chi connectivity index (χ3n) is 2.16. The Balaban J connectivity index is 2.09. The average molecular weight is 267 g/mol. The fourth-order valence-corrected chi connectivity index (χ4v) is 1.86. The molecule has 0 saturated carbocycles. The van der Waals surface area contributed by atoms with Crippen LogP contribution >= 0.6 is 15.9 Å². The minimum Gasteiger partial charge on any atom is -0.322 e. The molecule has 0 aliphatic heterocycles. The summed E-state index contributed by atoms with van der Waals surface area (Å²) in [5.74, 6) is 0. The van der Waals surface area contributed by atoms with Gasteiger partial charge in [-0.1, -0.05) is 28.1 Å². The van der Waals surface area contributed by atoms with E-state index in [0.717, 1.165) is 16.6 Å². The molecule has 5 heteroatoms. The molecule has 0 amide bonds. The molecule has 1 atom stereocenters. The summed E-state index contributed by atoms with van der Waals surface area (Å²) >= 11 is 3.43. The lowest BCUT2D eigenvalue weighted by Crippen LogP contribution is -2.13. The lowest BCUT2D eigenvalue weighted by molar-refractivity contribution is 0.691. The summed E-state index contributed by atoms with van der Waals surface area (Å²) in [6.07, 6.45) is 2.41. The van der Waals surface area contributed by atoms with Crippen molar-refractivity contribution in [2.75, 3.05) is 0 Å². The quantitative estimate of drug-likeness (QED) is 0.891. The molecule has 2 aromatic rings. The highest BCUT2D eigenvalue weighted by Gasteiger charge is 2.09. The van der Waals surface area contributed by atoms with Crippen molar-refractivity contribution in [1.82, 2.24) is 15.4 Å². The molecular weight excluding hydrogens is 256 g/mol. The van der Waals surface area contributed by atoms with Crippen LogP contribution in [-0.4, -0.2) is 15.4 Å². The van der Waals surface area contributed by atoms with E-state index in [1.165, 1.54) is 5.56 Å². The zero-order valence-electron chi connectivity index (χ0n) is 8.02. The van der Waals surface area contributed by atoms with Gasteiger partial charge in [0.05, 0.1) is 17.9 Å². The molecule has 0 saturated heterocycles. The molecule has 15 heavy (non-hydrogen) atoms. The molecule has 78 valence electrons. The maximum Gasteiger partial charge on any atom is 0.0995 e. The summed E-state index contributed by atoms with van der Waals surface area (Å²) in [6, 6.07) is 7.98. The van der Waals surface area contributed by atoms with Crippen molar-refractivity contribution in [3.8, 4) is 0 Å². The van der Waals surface area contributed by atoms with E-state index in [1.807, 2.05) is 18.2 Å². The van der Waals surface area contributed by atoms with Crippen LogP contribution in [0, 0.1) is 0 Å². The Morgan fingerprint density at radius 2 is 2.33 bits per heavy atom. The number of nitrogens with two attached hydrogens (primary N) is 1. The largest absolute Gasteiger partial charge is 0.322 e. The number of benzene rings is 1. The molecule has 0 spiro atoms. The topological polar surface area (TPSA) is 67.6 Å². The number of nitrogens with zero attached hydrogens (tertiary/aromatic N) is 2. The van der Waals surface area contributed by atoms with Gasteiger partial charge in [0.25, 0.3) is 0 Å². The van der Waals surface area contributed by atoms with Crippen LogP contribution in [0.25, 0.3) is 0 Å². The maximum atomic E-state index is 5.98. The molecule has 3 N–H and O–H groups in total. The van der Waals surface area contributed by atoms with E-state index < -0.39 is 0 Å². The Hall–Kier alpha value is -1.20. The number of aromatic amines is 1. The Bertz CT molecular complexity index is 427. The summed E-state index contributed by atoms with van der Waals surface area (Å²) in [6.45, 7) is 0. The van der Waals surface area contributed by atoms with E-state index in [0.29, 0.717) is 0 Å². The van der Waals surface area contributed by atoms with Crippen molar-refractivity contribution < 1.29 is 0 Å². The van der Waals surface area contributed by atoms with Crippen LogP contribution in [0.3, 0.4) is 0 Å². The van der Waals surface area contributed by atoms with E-state index in [4.69, 9.17) is 5.73 Å². The first-order chi connectivity index (χ1) is 7.25. The highest BCUT2D eigenvalue weighted by molar-refractivity contribution is 9.10. The second-order valence-corrected chi connectivity index (χ2v) is 4.25. The van der Waals surface area contributed by atoms with E-state index in [-0.39, 0.29) is 6.04 Å². The summed E-state index contributed by atoms with van der Waals surface area (Å²) in [4.78, 5) is 0. The van der Waals surface area contributed by atoms with Crippen molar-refractivity contribution in [1.29, 1.82) is 0 Å². The number of halogens is 1. The van der Waals surface area contributed by atoms with Gasteiger partial charge in [-0.05, 0) is 24.1 Å². The number of aromatic nitrogens is 3. The van der Waals surface area contributed by atoms with Gasteiger partial charge in [0.15, 0.2) is 0 Å². The maximum absolute atomic E-state index is 5.98. The summed E-state index contributed by atoms with van der Waals surface area (Å²) < 4.78 is 1.06. The molecule has 0 aliphatic rings. The zero-order valence-corrected chi connectivity index (χ0v) is 9.61. The van der Waals surface area contributed by atoms with Gasteiger partial charge in [0.2, 0.25) is 0 Å². The molecule has 1 heterocycles. The van der Waals surface area contributed by atoms with Crippen LogP contribution in [-0.2, 0) is 6.42 Å². The number of nitrogens with one attached hydrogen (secondary N) is 1. The van der Waals surface area contributed by atoms with Gasteiger partial charge in [0.1, 0.15) is 0 Å². The van der Waals surface area contributed by atoms with E-state index in [1.54, 1.807) is 6.20 Å². The SMILES string of the molecule is NC(Cc1cccc(Br)c1)c1cn[nH]n1. The van der Waals surface area contributed by atoms with E-state index in [9.17, 15) is 0 Å². The Morgan fingerprint density at radius 1 is 1.47 bits per heavy atom. The number of H-pyrrole nitrogens is 1. The van der Waals surface area contributed by atoms with Gasteiger partial charge in [-0.3, -0.25) is 0 Å². The zero-order chi connectivity index (χ0) is 10.7. The van der Waals surface area contributed by atoms with Gasteiger partial charge in [-0.25, -0.2) is 0 Å². The Morgan fingerprint density at radius 3 is 3.00 bits per heavy atom. The molecule has 0 fully saturated rings. The number of rotatable bonds is 3. The fraction of sp³-hybridized carbons (Fsp3) is 0.200. The highest BCUT2D eigenvalue weighted by Crippen LogP contribution is 2.16. The summed E-state index contributed by atoms with van der Waals surface area (Å²) in [7, 11) is 0. The molecule has 0 aliphatic carbocycles. The van der Waals surface area contributed by atoms with Crippen molar-refractivity contribution in [2.45, 2.75) is 12.5 Å². The Labute approximate surface area is 96.0 Å². The molecule has 4 nitrogen and oxygen atoms in total. The first-order valence-corrected chi connectivity index (χ1v) is 5.40. The highest BCUT2D eigenvalue weighted by atomic mass is 79.9. The average Bonchev–Trinajstić information content (AvgIpc) is 2.70. The monoisotopic (exact) mass is 266 g/mol. The number of hydrogen-bond donors (Lipinski definition) is 2. The van der Waals surface area contributed by atoms with Gasteiger partial charge in [-0.15, -0.1) is 0 Å². The molecular formula is C10H11BrN4. The third-order valence-corrected chi connectivity index (χ3v) is 2.65. The molecule has 2 rings (SSSR count). The van der Waals surface area contributed by atoms with Gasteiger partial charge >= 0.3 is 0 Å². The smallest absolute Gasteiger partial charge is 0.0995 e. The second-order valence-electron chi connectivity index (χ2n) is 3.34. The lowest BCUT2D eigenvalue weighted by atomic mass is 10.1. The van der Waals surface area contributed by atoms with Crippen LogP contribution in [0.4, 0.5) is 0 Å². The van der Waals surface area contributed by atoms with Gasteiger partial charge in [0, 0.05) is 4.47 Å². The normalized spacial score (nSPS) is 12.7. The predicted molar refractivity (Wildman–Crippen MR) is 61.2 cm³/mol. The predicted octanol–water partition coefficient (Wildman–Crippen LogP) is 1.81. The van der Waals surface area contributed by atoms with Crippen molar-refractivity contribution >= 4 is 15.9 Å². The summed E-state index contributed by atoms with van der Waals surface area (Å²) in [5.41, 5.74) is 7.95. The molecule has 0 radical (unpaired) electrons. The van der Waals surface area contributed by atoms with Crippen LogP contribution < -0.4 is 5.73 Å². The number of hydrogen-bond acceptors (Lipinski definition) is 3. The first-order valence-electron chi connectivity index (χ1n) is 4.61.